The molecule has 0 bridgehead atoms. The fourth-order valence-corrected chi connectivity index (χ4v) is 1.14. The molecule has 70 valence electrons. The van der Waals surface area contributed by atoms with Gasteiger partial charge in [0.05, 0.1) is 5.97 Å². The van der Waals surface area contributed by atoms with Crippen LogP contribution in [0.4, 0.5) is 0 Å². The first-order valence-corrected chi connectivity index (χ1v) is 4.06. The predicted molar refractivity (Wildman–Crippen MR) is 46.7 cm³/mol. The molecule has 1 rings (SSSR count). The van der Waals surface area contributed by atoms with Gasteiger partial charge < -0.3 is 14.6 Å². The molecule has 3 nitrogen and oxygen atoms in total. The van der Waals surface area contributed by atoms with Crippen molar-refractivity contribution in [2.24, 2.45) is 0 Å². The van der Waals surface area contributed by atoms with Gasteiger partial charge in [-0.05, 0) is 30.7 Å². The van der Waals surface area contributed by atoms with Gasteiger partial charge in [-0.25, -0.2) is 0 Å². The second-order valence-corrected chi connectivity index (χ2v) is 3.01. The van der Waals surface area contributed by atoms with Crippen molar-refractivity contribution in [2.45, 2.75) is 6.92 Å². The second-order valence-electron chi connectivity index (χ2n) is 2.57. The Balaban J connectivity index is 0.00000169. The molecule has 0 atom stereocenters. The molecule has 0 aliphatic carbocycles. The van der Waals surface area contributed by atoms with Crippen molar-refractivity contribution in [3.8, 4) is 5.75 Å². The van der Waals surface area contributed by atoms with Crippen molar-refractivity contribution in [1.82, 2.24) is 0 Å². The van der Waals surface area contributed by atoms with E-state index in [9.17, 15) is 9.90 Å². The van der Waals surface area contributed by atoms with Crippen molar-refractivity contribution in [3.63, 3.8) is 0 Å². The zero-order valence-electron chi connectivity index (χ0n) is 8.04. The molecule has 0 saturated heterocycles. The van der Waals surface area contributed by atoms with E-state index in [0.717, 1.165) is 5.56 Å². The number of carboxylic acid groups (broad SMARTS) is 1. The molecule has 1 aromatic rings. The van der Waals surface area contributed by atoms with Crippen LogP contribution in [-0.2, 0) is 4.79 Å². The third-order valence-corrected chi connectivity index (χ3v) is 1.72. The van der Waals surface area contributed by atoms with Gasteiger partial charge in [0.1, 0.15) is 12.4 Å². The van der Waals surface area contributed by atoms with Gasteiger partial charge in [0, 0.05) is 5.02 Å². The molecule has 0 heterocycles. The Morgan fingerprint density at radius 3 is 2.71 bits per heavy atom. The molecular formula is C9H8ClNaO3. The average Bonchev–Trinajstić information content (AvgIpc) is 2.02. The van der Waals surface area contributed by atoms with E-state index in [-0.39, 0.29) is 29.6 Å². The van der Waals surface area contributed by atoms with Gasteiger partial charge in [0.2, 0.25) is 0 Å². The summed E-state index contributed by atoms with van der Waals surface area (Å²) in [6.07, 6.45) is 0. The Kier molecular flexibility index (Phi) is 6.20. The molecule has 0 fully saturated rings. The molecule has 0 aliphatic rings. The number of carbonyl (C=O) groups excluding carboxylic acids is 1. The molecule has 0 spiro atoms. The summed E-state index contributed by atoms with van der Waals surface area (Å²) in [5.41, 5.74) is 0.800. The number of rotatable bonds is 3. The Morgan fingerprint density at radius 1 is 1.57 bits per heavy atom. The van der Waals surface area contributed by atoms with Gasteiger partial charge in [-0.2, -0.15) is 0 Å². The maximum Gasteiger partial charge on any atom is 1.00 e. The summed E-state index contributed by atoms with van der Waals surface area (Å²) in [5.74, 6) is -0.733. The van der Waals surface area contributed by atoms with Crippen molar-refractivity contribution >= 4 is 17.6 Å². The van der Waals surface area contributed by atoms with Crippen LogP contribution in [0.3, 0.4) is 0 Å². The zero-order valence-corrected chi connectivity index (χ0v) is 10.8. The average molecular weight is 223 g/mol. The molecule has 0 radical (unpaired) electrons. The monoisotopic (exact) mass is 222 g/mol. The molecule has 5 heteroatoms. The van der Waals surface area contributed by atoms with Crippen LogP contribution in [0, 0.1) is 6.92 Å². The summed E-state index contributed by atoms with van der Waals surface area (Å²) in [6.45, 7) is 1.35. The number of carbonyl (C=O) groups is 1. The van der Waals surface area contributed by atoms with Gasteiger partial charge in [-0.15, -0.1) is 0 Å². The number of halogens is 1. The van der Waals surface area contributed by atoms with Gasteiger partial charge in [-0.3, -0.25) is 0 Å². The Bertz CT molecular complexity index is 328. The van der Waals surface area contributed by atoms with E-state index in [4.69, 9.17) is 16.3 Å². The maximum atomic E-state index is 10.1. The number of aliphatic carboxylic acids is 1. The number of carboxylic acids is 1. The van der Waals surface area contributed by atoms with E-state index in [2.05, 4.69) is 0 Å². The molecule has 0 unspecified atom stereocenters. The fourth-order valence-electron chi connectivity index (χ4n) is 0.911. The van der Waals surface area contributed by atoms with Crippen molar-refractivity contribution in [1.29, 1.82) is 0 Å². The standard InChI is InChI=1S/C9H9ClO3.Na/c1-6-4-7(10)2-3-8(6)13-5-9(11)12;/h2-4H,5H2,1H3,(H,11,12);/q;+1/p-1. The minimum absolute atomic E-state index is 0. The molecule has 0 aromatic heterocycles. The van der Waals surface area contributed by atoms with Crippen molar-refractivity contribution in [3.05, 3.63) is 28.8 Å². The van der Waals surface area contributed by atoms with Crippen LogP contribution in [0.2, 0.25) is 5.02 Å². The smallest absolute Gasteiger partial charge is 0.546 e. The first kappa shape index (κ1) is 13.8. The van der Waals surface area contributed by atoms with Gasteiger partial charge in [0.25, 0.3) is 0 Å². The summed E-state index contributed by atoms with van der Waals surface area (Å²) in [7, 11) is 0. The first-order valence-electron chi connectivity index (χ1n) is 3.68. The Hall–Kier alpha value is -0.220. The number of benzene rings is 1. The SMILES string of the molecule is Cc1cc(Cl)ccc1OCC(=O)[O-].[Na+]. The van der Waals surface area contributed by atoms with Gasteiger partial charge >= 0.3 is 29.6 Å². The quantitative estimate of drug-likeness (QED) is 0.545. The number of ether oxygens (including phenoxy) is 1. The third kappa shape index (κ3) is 4.33. The zero-order chi connectivity index (χ0) is 9.84. The van der Waals surface area contributed by atoms with E-state index in [1.807, 2.05) is 0 Å². The summed E-state index contributed by atoms with van der Waals surface area (Å²) in [5, 5.41) is 10.7. The van der Waals surface area contributed by atoms with Crippen LogP contribution < -0.4 is 39.4 Å². The third-order valence-electron chi connectivity index (χ3n) is 1.48. The molecule has 0 N–H and O–H groups in total. The summed E-state index contributed by atoms with van der Waals surface area (Å²) >= 11 is 5.70. The van der Waals surface area contributed by atoms with Crippen LogP contribution in [0.25, 0.3) is 0 Å². The summed E-state index contributed by atoms with van der Waals surface area (Å²) < 4.78 is 4.93. The van der Waals surface area contributed by atoms with Crippen LogP contribution in [0.1, 0.15) is 5.56 Å². The fraction of sp³-hybridized carbons (Fsp3) is 0.222. The number of hydrogen-bond acceptors (Lipinski definition) is 3. The maximum absolute atomic E-state index is 10.1. The van der Waals surface area contributed by atoms with Crippen LogP contribution in [0.15, 0.2) is 18.2 Å². The summed E-state index contributed by atoms with van der Waals surface area (Å²) in [4.78, 5) is 10.1. The largest absolute Gasteiger partial charge is 1.00 e. The van der Waals surface area contributed by atoms with Crippen molar-refractivity contribution < 1.29 is 44.2 Å². The molecule has 14 heavy (non-hydrogen) atoms. The van der Waals surface area contributed by atoms with E-state index < -0.39 is 12.6 Å². The molecule has 0 aliphatic heterocycles. The van der Waals surface area contributed by atoms with E-state index in [1.54, 1.807) is 25.1 Å². The molecule has 0 saturated carbocycles. The van der Waals surface area contributed by atoms with Gasteiger partial charge in [0.15, 0.2) is 0 Å². The molecular weight excluding hydrogens is 215 g/mol. The van der Waals surface area contributed by atoms with Crippen LogP contribution in [-0.4, -0.2) is 12.6 Å². The van der Waals surface area contributed by atoms with Crippen molar-refractivity contribution in [2.75, 3.05) is 6.61 Å². The van der Waals surface area contributed by atoms with E-state index in [0.29, 0.717) is 10.8 Å². The summed E-state index contributed by atoms with van der Waals surface area (Å²) in [6, 6.07) is 4.96. The minimum Gasteiger partial charge on any atom is -0.546 e. The Labute approximate surface area is 109 Å². The second kappa shape index (κ2) is 6.30. The van der Waals surface area contributed by atoms with Crippen LogP contribution >= 0.6 is 11.6 Å². The van der Waals surface area contributed by atoms with E-state index >= 15 is 0 Å². The topological polar surface area (TPSA) is 49.4 Å². The van der Waals surface area contributed by atoms with Gasteiger partial charge in [-0.1, -0.05) is 11.6 Å². The Morgan fingerprint density at radius 2 is 2.21 bits per heavy atom. The van der Waals surface area contributed by atoms with E-state index in [1.165, 1.54) is 0 Å². The number of aryl methyl sites for hydroxylation is 1. The molecule has 0 amide bonds. The number of hydrogen-bond donors (Lipinski definition) is 0. The van der Waals surface area contributed by atoms with Crippen LogP contribution in [0.5, 0.6) is 5.75 Å². The normalized spacial score (nSPS) is 9.00. The molecule has 1 aromatic carbocycles. The first-order chi connectivity index (χ1) is 6.09. The minimum atomic E-state index is -1.24. The predicted octanol–water partition coefficient (Wildman–Crippen LogP) is -2.22.